The van der Waals surface area contributed by atoms with Gasteiger partial charge in [-0.15, -0.1) is 0 Å². The highest BCUT2D eigenvalue weighted by Gasteiger charge is 2.08. The molecular weight excluding hydrogens is 254 g/mol. The zero-order chi connectivity index (χ0) is 14.4. The highest BCUT2D eigenvalue weighted by molar-refractivity contribution is 5.89. The lowest BCUT2D eigenvalue weighted by atomic mass is 10.0. The van der Waals surface area contributed by atoms with Crippen LogP contribution >= 0.6 is 0 Å². The van der Waals surface area contributed by atoms with Crippen molar-refractivity contribution in [3.05, 3.63) is 53.6 Å². The second-order valence-electron chi connectivity index (χ2n) is 4.67. The van der Waals surface area contributed by atoms with Crippen LogP contribution in [0.25, 0.3) is 0 Å². The van der Waals surface area contributed by atoms with Crippen LogP contribution in [0.2, 0.25) is 0 Å². The van der Waals surface area contributed by atoms with E-state index in [1.165, 1.54) is 0 Å². The first-order valence-electron chi connectivity index (χ1n) is 6.66. The van der Waals surface area contributed by atoms with Crippen molar-refractivity contribution in [1.82, 2.24) is 14.9 Å². The van der Waals surface area contributed by atoms with E-state index >= 15 is 0 Å². The van der Waals surface area contributed by atoms with Gasteiger partial charge in [-0.25, -0.2) is 9.78 Å². The molecule has 0 atom stereocenters. The van der Waals surface area contributed by atoms with E-state index in [4.69, 9.17) is 5.11 Å². The number of rotatable bonds is 7. The third kappa shape index (κ3) is 3.68. The zero-order valence-corrected chi connectivity index (χ0v) is 11.5. The lowest BCUT2D eigenvalue weighted by molar-refractivity contribution is 0.0695. The van der Waals surface area contributed by atoms with Crippen LogP contribution in [0, 0.1) is 0 Å². The molecule has 0 unspecified atom stereocenters. The van der Waals surface area contributed by atoms with Crippen molar-refractivity contribution in [3.63, 3.8) is 0 Å². The number of aromatic carboxylic acids is 1. The van der Waals surface area contributed by atoms with E-state index in [0.29, 0.717) is 12.0 Å². The van der Waals surface area contributed by atoms with Crippen LogP contribution in [0.3, 0.4) is 0 Å². The van der Waals surface area contributed by atoms with Gasteiger partial charge in [0, 0.05) is 32.4 Å². The van der Waals surface area contributed by atoms with E-state index in [1.807, 2.05) is 29.9 Å². The summed E-state index contributed by atoms with van der Waals surface area (Å²) in [5, 5.41) is 12.4. The van der Waals surface area contributed by atoms with E-state index < -0.39 is 5.97 Å². The van der Waals surface area contributed by atoms with Crippen molar-refractivity contribution in [1.29, 1.82) is 0 Å². The first-order chi connectivity index (χ1) is 9.68. The number of imidazole rings is 1. The molecule has 0 radical (unpaired) electrons. The fraction of sp³-hybridized carbons (Fsp3) is 0.333. The number of benzene rings is 1. The topological polar surface area (TPSA) is 67.2 Å². The summed E-state index contributed by atoms with van der Waals surface area (Å²) >= 11 is 0. The minimum Gasteiger partial charge on any atom is -0.478 e. The van der Waals surface area contributed by atoms with Crippen molar-refractivity contribution in [2.75, 3.05) is 13.1 Å². The van der Waals surface area contributed by atoms with Gasteiger partial charge in [0.2, 0.25) is 0 Å². The SMILES string of the molecule is Cn1ccnc1CCNCCc1ccccc1C(=O)O. The Labute approximate surface area is 118 Å². The highest BCUT2D eigenvalue weighted by atomic mass is 16.4. The number of aromatic nitrogens is 2. The monoisotopic (exact) mass is 273 g/mol. The van der Waals surface area contributed by atoms with Crippen molar-refractivity contribution in [2.45, 2.75) is 12.8 Å². The summed E-state index contributed by atoms with van der Waals surface area (Å²) in [5.41, 5.74) is 1.25. The maximum atomic E-state index is 11.1. The Morgan fingerprint density at radius 1 is 1.30 bits per heavy atom. The van der Waals surface area contributed by atoms with E-state index in [2.05, 4.69) is 10.3 Å². The third-order valence-corrected chi connectivity index (χ3v) is 3.27. The van der Waals surface area contributed by atoms with Crippen LogP contribution in [0.4, 0.5) is 0 Å². The van der Waals surface area contributed by atoms with Gasteiger partial charge in [0.05, 0.1) is 5.56 Å². The first kappa shape index (κ1) is 14.3. The summed E-state index contributed by atoms with van der Waals surface area (Å²) in [6, 6.07) is 7.13. The fourth-order valence-electron chi connectivity index (χ4n) is 2.13. The average molecular weight is 273 g/mol. The second-order valence-corrected chi connectivity index (χ2v) is 4.67. The van der Waals surface area contributed by atoms with Gasteiger partial charge in [-0.05, 0) is 24.6 Å². The van der Waals surface area contributed by atoms with Crippen molar-refractivity contribution in [3.8, 4) is 0 Å². The van der Waals surface area contributed by atoms with Crippen LogP contribution in [-0.4, -0.2) is 33.7 Å². The molecule has 0 aliphatic carbocycles. The average Bonchev–Trinajstić information content (AvgIpc) is 2.84. The summed E-state index contributed by atoms with van der Waals surface area (Å²) in [5.74, 6) is 0.178. The number of carbonyl (C=O) groups is 1. The molecule has 5 nitrogen and oxygen atoms in total. The third-order valence-electron chi connectivity index (χ3n) is 3.27. The molecule has 2 aromatic rings. The summed E-state index contributed by atoms with van der Waals surface area (Å²) in [4.78, 5) is 15.3. The van der Waals surface area contributed by atoms with Crippen LogP contribution < -0.4 is 5.32 Å². The Morgan fingerprint density at radius 2 is 2.05 bits per heavy atom. The van der Waals surface area contributed by atoms with E-state index in [-0.39, 0.29) is 0 Å². The maximum absolute atomic E-state index is 11.1. The van der Waals surface area contributed by atoms with Crippen LogP contribution in [0.15, 0.2) is 36.7 Å². The second kappa shape index (κ2) is 6.86. The Kier molecular flexibility index (Phi) is 4.90. The summed E-state index contributed by atoms with van der Waals surface area (Å²) in [7, 11) is 1.98. The molecule has 2 rings (SSSR count). The quantitative estimate of drug-likeness (QED) is 0.750. The van der Waals surface area contributed by atoms with Crippen LogP contribution in [0.1, 0.15) is 21.7 Å². The minimum absolute atomic E-state index is 0.387. The summed E-state index contributed by atoms with van der Waals surface area (Å²) in [6.45, 7) is 1.59. The predicted octanol–water partition coefficient (Wildman–Crippen LogP) is 1.49. The van der Waals surface area contributed by atoms with Gasteiger partial charge < -0.3 is 15.0 Å². The predicted molar refractivity (Wildman–Crippen MR) is 76.9 cm³/mol. The number of carboxylic acid groups (broad SMARTS) is 1. The lowest BCUT2D eigenvalue weighted by Gasteiger charge is -2.07. The van der Waals surface area contributed by atoms with Crippen LogP contribution in [0.5, 0.6) is 0 Å². The van der Waals surface area contributed by atoms with Gasteiger partial charge in [-0.2, -0.15) is 0 Å². The van der Waals surface area contributed by atoms with Gasteiger partial charge in [-0.3, -0.25) is 0 Å². The number of nitrogens with one attached hydrogen (secondary N) is 1. The Bertz CT molecular complexity index is 578. The molecule has 1 heterocycles. The molecule has 0 aliphatic rings. The van der Waals surface area contributed by atoms with Crippen LogP contribution in [-0.2, 0) is 19.9 Å². The minimum atomic E-state index is -0.867. The molecule has 0 amide bonds. The molecule has 0 aliphatic heterocycles. The van der Waals surface area contributed by atoms with E-state index in [0.717, 1.165) is 30.9 Å². The van der Waals surface area contributed by atoms with Gasteiger partial charge in [0.25, 0.3) is 0 Å². The first-order valence-corrected chi connectivity index (χ1v) is 6.66. The van der Waals surface area contributed by atoms with Crippen molar-refractivity contribution >= 4 is 5.97 Å². The molecule has 2 N–H and O–H groups in total. The normalized spacial score (nSPS) is 10.7. The maximum Gasteiger partial charge on any atom is 0.335 e. The molecule has 0 spiro atoms. The molecule has 0 saturated heterocycles. The molecule has 106 valence electrons. The molecule has 20 heavy (non-hydrogen) atoms. The highest BCUT2D eigenvalue weighted by Crippen LogP contribution is 2.08. The molecule has 1 aromatic carbocycles. The largest absolute Gasteiger partial charge is 0.478 e. The number of nitrogens with zero attached hydrogens (tertiary/aromatic N) is 2. The van der Waals surface area contributed by atoms with Crippen molar-refractivity contribution < 1.29 is 9.90 Å². The fourth-order valence-corrected chi connectivity index (χ4v) is 2.13. The molecule has 0 saturated carbocycles. The smallest absolute Gasteiger partial charge is 0.335 e. The summed E-state index contributed by atoms with van der Waals surface area (Å²) in [6.07, 6.45) is 5.30. The van der Waals surface area contributed by atoms with E-state index in [1.54, 1.807) is 18.3 Å². The number of aryl methyl sites for hydroxylation is 1. The van der Waals surface area contributed by atoms with Gasteiger partial charge in [0.15, 0.2) is 0 Å². The zero-order valence-electron chi connectivity index (χ0n) is 11.5. The standard InChI is InChI=1S/C15H19N3O2/c1-18-11-10-17-14(18)7-9-16-8-6-12-4-2-3-5-13(12)15(19)20/h2-5,10-11,16H,6-9H2,1H3,(H,19,20). The number of hydrogen-bond donors (Lipinski definition) is 2. The molecule has 5 heteroatoms. The molecule has 0 fully saturated rings. The number of carboxylic acids is 1. The van der Waals surface area contributed by atoms with E-state index in [9.17, 15) is 4.79 Å². The Morgan fingerprint density at radius 3 is 2.75 bits per heavy atom. The lowest BCUT2D eigenvalue weighted by Crippen LogP contribution is -2.22. The Hall–Kier alpha value is -2.14. The Balaban J connectivity index is 1.76. The molecule has 0 bridgehead atoms. The van der Waals surface area contributed by atoms with Gasteiger partial charge in [0.1, 0.15) is 5.82 Å². The molecule has 1 aromatic heterocycles. The summed E-state index contributed by atoms with van der Waals surface area (Å²) < 4.78 is 2.00. The van der Waals surface area contributed by atoms with Gasteiger partial charge >= 0.3 is 5.97 Å². The molecular formula is C15H19N3O2. The number of hydrogen-bond acceptors (Lipinski definition) is 3. The van der Waals surface area contributed by atoms with Gasteiger partial charge in [-0.1, -0.05) is 18.2 Å². The van der Waals surface area contributed by atoms with Crippen molar-refractivity contribution in [2.24, 2.45) is 7.05 Å².